The number of sulfone groups is 1. The van der Waals surface area contributed by atoms with Crippen LogP contribution in [0.1, 0.15) is 30.6 Å². The van der Waals surface area contributed by atoms with Crippen molar-refractivity contribution in [2.24, 2.45) is 11.8 Å². The van der Waals surface area contributed by atoms with Gasteiger partial charge in [0.2, 0.25) is 0 Å². The highest BCUT2D eigenvalue weighted by Gasteiger charge is 2.45. The van der Waals surface area contributed by atoms with Gasteiger partial charge >= 0.3 is 0 Å². The van der Waals surface area contributed by atoms with Crippen LogP contribution in [0, 0.1) is 18.8 Å². The standard InChI is InChI=1S/C19H18O6S/c1-9-7-13-12(5-6-14(19(13)25-9)26(2,23)24)18(22)15-16(20)10-3-4-11(8-10)17(15)21/h5-7,10-11,22H,3-4,8H2,1-2H3. The van der Waals surface area contributed by atoms with Crippen LogP contribution in [-0.4, -0.2) is 31.3 Å². The third kappa shape index (κ3) is 2.41. The van der Waals surface area contributed by atoms with Gasteiger partial charge in [0.25, 0.3) is 0 Å². The highest BCUT2D eigenvalue weighted by Crippen LogP contribution is 2.43. The zero-order valence-electron chi connectivity index (χ0n) is 14.4. The van der Waals surface area contributed by atoms with Gasteiger partial charge in [-0.3, -0.25) is 9.59 Å². The Labute approximate surface area is 150 Å². The molecule has 0 saturated heterocycles. The average molecular weight is 374 g/mol. The first-order valence-corrected chi connectivity index (χ1v) is 10.3. The molecule has 0 amide bonds. The second kappa shape index (κ2) is 5.54. The number of aryl methyl sites for hydroxylation is 1. The molecule has 136 valence electrons. The lowest BCUT2D eigenvalue weighted by atomic mass is 9.81. The fourth-order valence-corrected chi connectivity index (χ4v) is 4.88. The Morgan fingerprint density at radius 3 is 2.35 bits per heavy atom. The molecule has 2 aliphatic carbocycles. The minimum atomic E-state index is -3.54. The maximum atomic E-state index is 12.6. The molecule has 2 fully saturated rings. The SMILES string of the molecule is Cc1cc2c(C(O)=C3C(=O)C4CCC(C4)C3=O)ccc(S(C)(=O)=O)c2o1. The number of carbonyl (C=O) groups excluding carboxylic acids is 2. The average Bonchev–Trinajstić information content (AvgIpc) is 3.15. The van der Waals surface area contributed by atoms with E-state index in [0.717, 1.165) is 6.26 Å². The molecule has 2 saturated carbocycles. The third-order valence-corrected chi connectivity index (χ3v) is 6.45. The van der Waals surface area contributed by atoms with E-state index in [2.05, 4.69) is 0 Å². The van der Waals surface area contributed by atoms with Crippen molar-refractivity contribution < 1.29 is 27.5 Å². The number of hydrogen-bond acceptors (Lipinski definition) is 6. The summed E-state index contributed by atoms with van der Waals surface area (Å²) in [6, 6.07) is 4.36. The molecule has 7 heteroatoms. The molecule has 1 heterocycles. The van der Waals surface area contributed by atoms with Crippen molar-refractivity contribution in [3.05, 3.63) is 35.1 Å². The first-order chi connectivity index (χ1) is 12.2. The third-order valence-electron chi connectivity index (χ3n) is 5.33. The lowest BCUT2D eigenvalue weighted by molar-refractivity contribution is -0.127. The molecular weight excluding hydrogens is 356 g/mol. The maximum Gasteiger partial charge on any atom is 0.179 e. The number of rotatable bonds is 2. The molecular formula is C19H18O6S. The molecule has 0 aliphatic heterocycles. The Morgan fingerprint density at radius 1 is 1.15 bits per heavy atom. The predicted molar refractivity (Wildman–Crippen MR) is 94.5 cm³/mol. The summed E-state index contributed by atoms with van der Waals surface area (Å²) in [6.45, 7) is 1.66. The Bertz CT molecular complexity index is 1080. The summed E-state index contributed by atoms with van der Waals surface area (Å²) in [6.07, 6.45) is 2.96. The zero-order valence-corrected chi connectivity index (χ0v) is 15.2. The van der Waals surface area contributed by atoms with Crippen LogP contribution in [0.15, 0.2) is 33.1 Å². The smallest absolute Gasteiger partial charge is 0.179 e. The maximum absolute atomic E-state index is 12.6. The molecule has 2 aromatic rings. The number of fused-ring (bicyclic) bond motifs is 3. The number of aliphatic hydroxyl groups excluding tert-OH is 1. The van der Waals surface area contributed by atoms with E-state index in [0.29, 0.717) is 30.4 Å². The molecule has 1 aromatic carbocycles. The normalized spacial score (nSPS) is 23.1. The van der Waals surface area contributed by atoms with Gasteiger partial charge in [0.15, 0.2) is 27.0 Å². The summed E-state index contributed by atoms with van der Waals surface area (Å²) in [4.78, 5) is 25.2. The van der Waals surface area contributed by atoms with Gasteiger partial charge in [0.1, 0.15) is 22.0 Å². The van der Waals surface area contributed by atoms with Gasteiger partial charge in [-0.25, -0.2) is 8.42 Å². The lowest BCUT2D eigenvalue weighted by Gasteiger charge is -2.20. The highest BCUT2D eigenvalue weighted by molar-refractivity contribution is 7.91. The number of carbonyl (C=O) groups is 2. The monoisotopic (exact) mass is 374 g/mol. The van der Waals surface area contributed by atoms with E-state index in [-0.39, 0.29) is 50.8 Å². The molecule has 2 aliphatic rings. The summed E-state index contributed by atoms with van der Waals surface area (Å²) < 4.78 is 29.5. The second-order valence-corrected chi connectivity index (χ2v) is 9.13. The van der Waals surface area contributed by atoms with Crippen LogP contribution in [-0.2, 0) is 19.4 Å². The molecule has 0 radical (unpaired) electrons. The lowest BCUT2D eigenvalue weighted by Crippen LogP contribution is -2.30. The number of Topliss-reactive ketones (excluding diaryl/α,β-unsaturated/α-hetero) is 2. The molecule has 2 bridgehead atoms. The Kier molecular flexibility index (Phi) is 3.63. The van der Waals surface area contributed by atoms with Crippen molar-refractivity contribution in [3.63, 3.8) is 0 Å². The molecule has 2 atom stereocenters. The molecule has 6 nitrogen and oxygen atoms in total. The number of allylic oxidation sites excluding steroid dienone is 1. The molecule has 4 rings (SSSR count). The van der Waals surface area contributed by atoms with Gasteiger partial charge < -0.3 is 9.52 Å². The quantitative estimate of drug-likeness (QED) is 0.493. The molecule has 1 N–H and O–H groups in total. The van der Waals surface area contributed by atoms with Crippen LogP contribution < -0.4 is 0 Å². The highest BCUT2D eigenvalue weighted by atomic mass is 32.2. The van der Waals surface area contributed by atoms with Crippen molar-refractivity contribution >= 4 is 38.1 Å². The van der Waals surface area contributed by atoms with Crippen molar-refractivity contribution in [1.82, 2.24) is 0 Å². The number of ketones is 2. The van der Waals surface area contributed by atoms with Crippen LogP contribution in [0.5, 0.6) is 0 Å². The van der Waals surface area contributed by atoms with Crippen LogP contribution in [0.25, 0.3) is 16.7 Å². The molecule has 0 spiro atoms. The Morgan fingerprint density at radius 2 is 1.77 bits per heavy atom. The predicted octanol–water partition coefficient (Wildman–Crippen LogP) is 2.98. The van der Waals surface area contributed by atoms with Gasteiger partial charge in [-0.05, 0) is 44.4 Å². The second-order valence-electron chi connectivity index (χ2n) is 7.14. The fraction of sp³-hybridized carbons (Fsp3) is 0.368. The van der Waals surface area contributed by atoms with E-state index in [4.69, 9.17) is 4.42 Å². The first-order valence-electron chi connectivity index (χ1n) is 8.43. The molecule has 1 aromatic heterocycles. The van der Waals surface area contributed by atoms with Gasteiger partial charge in [-0.2, -0.15) is 0 Å². The zero-order chi connectivity index (χ0) is 18.8. The summed E-state index contributed by atoms with van der Waals surface area (Å²) in [7, 11) is -3.54. The summed E-state index contributed by atoms with van der Waals surface area (Å²) >= 11 is 0. The van der Waals surface area contributed by atoms with Crippen LogP contribution in [0.2, 0.25) is 0 Å². The van der Waals surface area contributed by atoms with Crippen LogP contribution in [0.4, 0.5) is 0 Å². The van der Waals surface area contributed by atoms with Gasteiger partial charge in [0.05, 0.1) is 0 Å². The largest absolute Gasteiger partial charge is 0.506 e. The van der Waals surface area contributed by atoms with Crippen molar-refractivity contribution in [1.29, 1.82) is 0 Å². The number of benzene rings is 1. The van der Waals surface area contributed by atoms with Crippen molar-refractivity contribution in [3.8, 4) is 0 Å². The minimum absolute atomic E-state index is 0.00326. The van der Waals surface area contributed by atoms with E-state index >= 15 is 0 Å². The molecule has 2 unspecified atom stereocenters. The topological polar surface area (TPSA) is 102 Å². The summed E-state index contributed by atoms with van der Waals surface area (Å²) in [5.41, 5.74) is 0.201. The minimum Gasteiger partial charge on any atom is -0.506 e. The Balaban J connectivity index is 1.98. The van der Waals surface area contributed by atoms with Gasteiger partial charge in [-0.1, -0.05) is 0 Å². The van der Waals surface area contributed by atoms with E-state index in [1.165, 1.54) is 12.1 Å². The van der Waals surface area contributed by atoms with E-state index in [1.54, 1.807) is 13.0 Å². The van der Waals surface area contributed by atoms with Crippen LogP contribution in [0.3, 0.4) is 0 Å². The molecule has 26 heavy (non-hydrogen) atoms. The number of aliphatic hydroxyl groups is 1. The first kappa shape index (κ1) is 17.0. The van der Waals surface area contributed by atoms with Crippen molar-refractivity contribution in [2.75, 3.05) is 6.26 Å². The van der Waals surface area contributed by atoms with Crippen molar-refractivity contribution in [2.45, 2.75) is 31.1 Å². The van der Waals surface area contributed by atoms with E-state index in [1.807, 2.05) is 0 Å². The van der Waals surface area contributed by atoms with Crippen LogP contribution >= 0.6 is 0 Å². The fourth-order valence-electron chi connectivity index (χ4n) is 4.08. The summed E-state index contributed by atoms with van der Waals surface area (Å²) in [5.74, 6) is -0.985. The van der Waals surface area contributed by atoms with E-state index in [9.17, 15) is 23.1 Å². The Hall–Kier alpha value is -2.41. The van der Waals surface area contributed by atoms with Gasteiger partial charge in [-0.15, -0.1) is 0 Å². The van der Waals surface area contributed by atoms with E-state index < -0.39 is 9.84 Å². The number of hydrogen-bond donors (Lipinski definition) is 1. The van der Waals surface area contributed by atoms with Gasteiger partial charge in [0, 0.05) is 29.0 Å². The summed E-state index contributed by atoms with van der Waals surface area (Å²) in [5, 5.41) is 11.2. The number of furan rings is 1.